The van der Waals surface area contributed by atoms with Gasteiger partial charge in [0.15, 0.2) is 0 Å². The second kappa shape index (κ2) is 17.8. The van der Waals surface area contributed by atoms with Crippen LogP contribution in [-0.2, 0) is 19.1 Å². The summed E-state index contributed by atoms with van der Waals surface area (Å²) in [6, 6.07) is 22.9. The van der Waals surface area contributed by atoms with Crippen LogP contribution in [0.5, 0.6) is 5.75 Å². The standard InChI is InChI=1S/C49H55N9O7/c1-27(2)41(54-48(61)63-5)45(59)56-20-10-14-36(56)43-50-25-34(52-43)30-18-19-40-33(22-30)39-24-32-17-16-31(23-38(32)58(39)47(65-40)29-12-8-7-9-13-29)35-26-51-44(53-35)37-15-11-21-57(37)46(60)42(28(3)4)55-49(62)64-6/h7-9,12-13,16-19,22-28,36-37,41-42,47H,10-11,14-15,20-21H2,1-6H3,(H,50,52)(H,51,53)(H,54,61)(H,55,62)/t36-,37-,41-,42-,47?/m0/s1. The summed E-state index contributed by atoms with van der Waals surface area (Å²) in [5.41, 5.74) is 7.35. The fourth-order valence-electron chi connectivity index (χ4n) is 9.55. The number of aromatic nitrogens is 5. The van der Waals surface area contributed by atoms with Crippen molar-refractivity contribution in [3.63, 3.8) is 0 Å². The second-order valence-corrected chi connectivity index (χ2v) is 17.7. The van der Waals surface area contributed by atoms with Crippen LogP contribution in [0.3, 0.4) is 0 Å². The topological polar surface area (TPSA) is 189 Å². The number of rotatable bonds is 11. The van der Waals surface area contributed by atoms with Gasteiger partial charge >= 0.3 is 12.2 Å². The number of amides is 4. The maximum atomic E-state index is 13.8. The SMILES string of the molecule is COC(=O)N[C@H](C(=O)N1CCC[C@H]1c1ncc(-c2ccc3c(c2)-c2cc4ccc(-c5cnc([C@@H]6CCCN6C(=O)[C@@H](NC(=O)OC)C(C)C)[nH]5)cc4n2C(c2ccccc2)O3)[nH]1)C(C)C. The van der Waals surface area contributed by atoms with Gasteiger partial charge in [-0.05, 0) is 67.9 Å². The minimum atomic E-state index is -0.723. The number of hydrogen-bond donors (Lipinski definition) is 4. The minimum absolute atomic E-state index is 0.134. The van der Waals surface area contributed by atoms with E-state index in [4.69, 9.17) is 24.2 Å². The third-order valence-electron chi connectivity index (χ3n) is 13.0. The molecule has 0 aliphatic carbocycles. The molecular formula is C49H55N9O7. The molecule has 6 aromatic rings. The maximum Gasteiger partial charge on any atom is 0.407 e. The summed E-state index contributed by atoms with van der Waals surface area (Å²) in [4.78, 5) is 72.2. The van der Waals surface area contributed by atoms with Crippen LogP contribution in [0, 0.1) is 11.8 Å². The average Bonchev–Trinajstić information content (AvgIpc) is 4.18. The van der Waals surface area contributed by atoms with Gasteiger partial charge in [-0.25, -0.2) is 19.6 Å². The van der Waals surface area contributed by atoms with Crippen LogP contribution in [-0.4, -0.2) is 97.7 Å². The number of fused-ring (bicyclic) bond motifs is 5. The van der Waals surface area contributed by atoms with E-state index >= 15 is 0 Å². The van der Waals surface area contributed by atoms with Gasteiger partial charge in [-0.15, -0.1) is 0 Å². The van der Waals surface area contributed by atoms with Crippen molar-refractivity contribution in [2.45, 2.75) is 83.8 Å². The van der Waals surface area contributed by atoms with Crippen molar-refractivity contribution < 1.29 is 33.4 Å². The molecule has 0 spiro atoms. The molecule has 3 aliphatic rings. The first-order valence-corrected chi connectivity index (χ1v) is 22.4. The number of carbonyl (C=O) groups excluding carboxylic acids is 4. The summed E-state index contributed by atoms with van der Waals surface area (Å²) in [5.74, 6) is 1.55. The summed E-state index contributed by atoms with van der Waals surface area (Å²) in [6.45, 7) is 8.74. The Morgan fingerprint density at radius 2 is 1.25 bits per heavy atom. The van der Waals surface area contributed by atoms with Gasteiger partial charge < -0.3 is 49.2 Å². The molecule has 9 rings (SSSR count). The molecule has 4 amide bonds. The highest BCUT2D eigenvalue weighted by Gasteiger charge is 2.39. The van der Waals surface area contributed by atoms with Crippen LogP contribution in [0.4, 0.5) is 9.59 Å². The average molecular weight is 882 g/mol. The van der Waals surface area contributed by atoms with Gasteiger partial charge in [0.05, 0.1) is 61.3 Å². The smallest absolute Gasteiger partial charge is 0.407 e. The molecule has 5 atom stereocenters. The third kappa shape index (κ3) is 8.17. The molecule has 0 radical (unpaired) electrons. The number of alkyl carbamates (subject to hydrolysis) is 2. The number of aromatic amines is 2. The lowest BCUT2D eigenvalue weighted by molar-refractivity contribution is -0.136. The van der Waals surface area contributed by atoms with E-state index in [2.05, 4.69) is 67.6 Å². The predicted octanol–water partition coefficient (Wildman–Crippen LogP) is 8.12. The molecule has 6 heterocycles. The molecule has 3 aromatic carbocycles. The van der Waals surface area contributed by atoms with Gasteiger partial charge in [0.2, 0.25) is 18.0 Å². The van der Waals surface area contributed by atoms with Gasteiger partial charge in [-0.2, -0.15) is 0 Å². The third-order valence-corrected chi connectivity index (χ3v) is 13.0. The lowest BCUT2D eigenvalue weighted by atomic mass is 10.0. The molecule has 2 saturated heterocycles. The Hall–Kier alpha value is -7.10. The van der Waals surface area contributed by atoms with E-state index in [1.54, 1.807) is 0 Å². The molecule has 3 aliphatic heterocycles. The molecule has 16 heteroatoms. The lowest BCUT2D eigenvalue weighted by Crippen LogP contribution is -2.51. The van der Waals surface area contributed by atoms with Crippen molar-refractivity contribution in [1.29, 1.82) is 0 Å². The highest BCUT2D eigenvalue weighted by atomic mass is 16.5. The molecule has 2 fully saturated rings. The van der Waals surface area contributed by atoms with Crippen molar-refractivity contribution in [2.24, 2.45) is 11.8 Å². The Morgan fingerprint density at radius 1 is 0.708 bits per heavy atom. The van der Waals surface area contributed by atoms with Crippen molar-refractivity contribution in [2.75, 3.05) is 27.3 Å². The predicted molar refractivity (Wildman–Crippen MR) is 243 cm³/mol. The van der Waals surface area contributed by atoms with Crippen molar-refractivity contribution in [3.05, 3.63) is 102 Å². The zero-order valence-corrected chi connectivity index (χ0v) is 37.5. The van der Waals surface area contributed by atoms with Crippen molar-refractivity contribution in [1.82, 2.24) is 44.9 Å². The van der Waals surface area contributed by atoms with Crippen molar-refractivity contribution in [3.8, 4) is 39.5 Å². The van der Waals surface area contributed by atoms with Gasteiger partial charge in [0.1, 0.15) is 29.5 Å². The van der Waals surface area contributed by atoms with Gasteiger partial charge in [-0.1, -0.05) is 70.2 Å². The summed E-state index contributed by atoms with van der Waals surface area (Å²) in [5, 5.41) is 6.48. The van der Waals surface area contributed by atoms with Crippen LogP contribution < -0.4 is 15.4 Å². The van der Waals surface area contributed by atoms with E-state index in [9.17, 15) is 19.2 Å². The fraction of sp³-hybridized carbons (Fsp3) is 0.388. The molecule has 16 nitrogen and oxygen atoms in total. The molecule has 0 saturated carbocycles. The highest BCUT2D eigenvalue weighted by Crippen LogP contribution is 2.46. The summed E-state index contributed by atoms with van der Waals surface area (Å²) in [6.07, 6.45) is 5.03. The fourth-order valence-corrected chi connectivity index (χ4v) is 9.55. The Bertz CT molecular complexity index is 2740. The first kappa shape index (κ1) is 43.2. The van der Waals surface area contributed by atoms with Crippen LogP contribution in [0.15, 0.2) is 85.2 Å². The van der Waals surface area contributed by atoms with E-state index in [1.165, 1.54) is 14.2 Å². The molecule has 0 bridgehead atoms. The quantitative estimate of drug-likeness (QED) is 0.0997. The Labute approximate surface area is 377 Å². The van der Waals surface area contributed by atoms with E-state index in [0.717, 1.165) is 81.7 Å². The first-order valence-electron chi connectivity index (χ1n) is 22.4. The highest BCUT2D eigenvalue weighted by molar-refractivity contribution is 5.93. The largest absolute Gasteiger partial charge is 0.465 e. The molecule has 3 aromatic heterocycles. The molecular weight excluding hydrogens is 827 g/mol. The Balaban J connectivity index is 1.03. The van der Waals surface area contributed by atoms with Crippen LogP contribution >= 0.6 is 0 Å². The van der Waals surface area contributed by atoms with E-state index in [1.807, 2.05) is 80.2 Å². The van der Waals surface area contributed by atoms with Gasteiger partial charge in [0, 0.05) is 40.7 Å². The summed E-state index contributed by atoms with van der Waals surface area (Å²) in [7, 11) is 2.58. The number of carbonyl (C=O) groups is 4. The number of H-pyrrole nitrogens is 2. The van der Waals surface area contributed by atoms with Gasteiger partial charge in [0.25, 0.3) is 0 Å². The number of methoxy groups -OCH3 is 2. The molecule has 1 unspecified atom stereocenters. The van der Waals surface area contributed by atoms with Crippen LogP contribution in [0.1, 0.15) is 88.9 Å². The number of likely N-dealkylation sites (tertiary alicyclic amines) is 2. The van der Waals surface area contributed by atoms with E-state index < -0.39 is 30.5 Å². The number of imidazole rings is 2. The Morgan fingerprint density at radius 3 is 1.78 bits per heavy atom. The summed E-state index contributed by atoms with van der Waals surface area (Å²) < 4.78 is 18.7. The number of benzene rings is 3. The molecule has 338 valence electrons. The van der Waals surface area contributed by atoms with Crippen LogP contribution in [0.25, 0.3) is 44.7 Å². The van der Waals surface area contributed by atoms with Crippen molar-refractivity contribution >= 4 is 34.9 Å². The van der Waals surface area contributed by atoms with Crippen LogP contribution in [0.2, 0.25) is 0 Å². The minimum Gasteiger partial charge on any atom is -0.465 e. The monoisotopic (exact) mass is 881 g/mol. The van der Waals surface area contributed by atoms with Gasteiger partial charge in [-0.3, -0.25) is 9.59 Å². The second-order valence-electron chi connectivity index (χ2n) is 17.7. The maximum absolute atomic E-state index is 13.8. The Kier molecular flexibility index (Phi) is 11.8. The number of nitrogens with one attached hydrogen (secondary N) is 4. The lowest BCUT2D eigenvalue weighted by Gasteiger charge is -2.30. The normalized spacial score (nSPS) is 18.9. The molecule has 65 heavy (non-hydrogen) atoms. The van der Waals surface area contributed by atoms with E-state index in [-0.39, 0.29) is 35.7 Å². The zero-order valence-electron chi connectivity index (χ0n) is 37.5. The molecule has 4 N–H and O–H groups in total. The van der Waals surface area contributed by atoms with E-state index in [0.29, 0.717) is 24.7 Å². The number of hydrogen-bond acceptors (Lipinski definition) is 9. The number of nitrogens with zero attached hydrogens (tertiary/aromatic N) is 5. The zero-order chi connectivity index (χ0) is 45.5. The first-order chi connectivity index (χ1) is 31.4. The summed E-state index contributed by atoms with van der Waals surface area (Å²) >= 11 is 0. The number of ether oxygens (including phenoxy) is 3.